The fraction of sp³-hybridized carbons (Fsp3) is 0.692. The molecule has 17 heavy (non-hydrogen) atoms. The van der Waals surface area contributed by atoms with Crippen LogP contribution in [0.4, 0.5) is 0 Å². The van der Waals surface area contributed by atoms with Crippen LogP contribution in [-0.2, 0) is 11.2 Å². The molecule has 1 aliphatic heterocycles. The Labute approximate surface area is 112 Å². The quantitative estimate of drug-likeness (QED) is 0.888. The predicted molar refractivity (Wildman–Crippen MR) is 74.1 cm³/mol. The van der Waals surface area contributed by atoms with Crippen molar-refractivity contribution in [3.63, 3.8) is 0 Å². The van der Waals surface area contributed by atoms with Gasteiger partial charge in [0.25, 0.3) is 0 Å². The lowest BCUT2D eigenvalue weighted by molar-refractivity contribution is 0.0155. The second-order valence-corrected chi connectivity index (χ2v) is 6.57. The van der Waals surface area contributed by atoms with E-state index in [9.17, 15) is 0 Å². The Kier molecular flexibility index (Phi) is 4.86. The second-order valence-electron chi connectivity index (χ2n) is 4.78. The molecule has 1 aromatic rings. The molecule has 0 radical (unpaired) electrons. The average Bonchev–Trinajstić information content (AvgIpc) is 2.73. The molecule has 0 bridgehead atoms. The lowest BCUT2D eigenvalue weighted by Gasteiger charge is -2.37. The molecule has 0 spiro atoms. The van der Waals surface area contributed by atoms with E-state index in [0.717, 1.165) is 49.9 Å². The van der Waals surface area contributed by atoms with Crippen molar-refractivity contribution in [1.29, 1.82) is 0 Å². The first kappa shape index (κ1) is 13.3. The minimum absolute atomic E-state index is 0.364. The summed E-state index contributed by atoms with van der Waals surface area (Å²) < 4.78 is 6.39. The van der Waals surface area contributed by atoms with Crippen molar-refractivity contribution < 1.29 is 4.74 Å². The van der Waals surface area contributed by atoms with Gasteiger partial charge in [0.05, 0.1) is 4.34 Å². The first-order chi connectivity index (χ1) is 8.24. The van der Waals surface area contributed by atoms with Crippen LogP contribution in [0.3, 0.4) is 0 Å². The van der Waals surface area contributed by atoms with Crippen LogP contribution in [0.2, 0.25) is 4.34 Å². The van der Waals surface area contributed by atoms with Crippen molar-refractivity contribution in [1.82, 2.24) is 5.32 Å². The summed E-state index contributed by atoms with van der Waals surface area (Å²) in [5, 5.41) is 3.50. The summed E-state index contributed by atoms with van der Waals surface area (Å²) in [6.45, 7) is 6.07. The number of hydrogen-bond donors (Lipinski definition) is 1. The normalized spacial score (nSPS) is 19.4. The Morgan fingerprint density at radius 1 is 1.41 bits per heavy atom. The molecule has 1 N–H and O–H groups in total. The van der Waals surface area contributed by atoms with Gasteiger partial charge in [-0.2, -0.15) is 0 Å². The van der Waals surface area contributed by atoms with Crippen LogP contribution in [-0.4, -0.2) is 26.3 Å². The van der Waals surface area contributed by atoms with Crippen LogP contribution < -0.4 is 5.32 Å². The highest BCUT2D eigenvalue weighted by Gasteiger charge is 2.32. The molecule has 0 aromatic carbocycles. The van der Waals surface area contributed by atoms with Crippen molar-refractivity contribution in [2.24, 2.45) is 5.41 Å². The number of nitrogens with one attached hydrogen (secondary N) is 1. The van der Waals surface area contributed by atoms with Gasteiger partial charge in [-0.05, 0) is 43.4 Å². The molecule has 2 rings (SSSR count). The standard InChI is InChI=1S/C13H20ClNOS/c1-2-15-10-13(5-7-16-8-6-13)9-11-3-4-12(14)17-11/h3-4,15H,2,5-10H2,1H3. The van der Waals surface area contributed by atoms with Gasteiger partial charge in [-0.3, -0.25) is 0 Å². The Morgan fingerprint density at radius 2 is 2.18 bits per heavy atom. The van der Waals surface area contributed by atoms with Gasteiger partial charge in [-0.15, -0.1) is 11.3 Å². The van der Waals surface area contributed by atoms with Crippen molar-refractivity contribution in [3.8, 4) is 0 Å². The molecule has 1 aromatic heterocycles. The number of hydrogen-bond acceptors (Lipinski definition) is 3. The van der Waals surface area contributed by atoms with E-state index < -0.39 is 0 Å². The zero-order valence-electron chi connectivity index (χ0n) is 10.3. The molecule has 96 valence electrons. The van der Waals surface area contributed by atoms with Crippen LogP contribution in [0.1, 0.15) is 24.6 Å². The maximum Gasteiger partial charge on any atom is 0.0931 e. The lowest BCUT2D eigenvalue weighted by Crippen LogP contribution is -2.40. The number of thiophene rings is 1. The van der Waals surface area contributed by atoms with E-state index in [-0.39, 0.29) is 0 Å². The molecule has 1 fully saturated rings. The van der Waals surface area contributed by atoms with Crippen LogP contribution >= 0.6 is 22.9 Å². The van der Waals surface area contributed by atoms with Crippen molar-refractivity contribution >= 4 is 22.9 Å². The van der Waals surface area contributed by atoms with E-state index in [1.807, 2.05) is 6.07 Å². The van der Waals surface area contributed by atoms with E-state index in [2.05, 4.69) is 18.3 Å². The van der Waals surface area contributed by atoms with E-state index >= 15 is 0 Å². The number of ether oxygens (including phenoxy) is 1. The topological polar surface area (TPSA) is 21.3 Å². The summed E-state index contributed by atoms with van der Waals surface area (Å²) in [6, 6.07) is 4.16. The third-order valence-electron chi connectivity index (χ3n) is 3.48. The monoisotopic (exact) mass is 273 g/mol. The first-order valence-electron chi connectivity index (χ1n) is 6.27. The molecule has 4 heteroatoms. The summed E-state index contributed by atoms with van der Waals surface area (Å²) in [5.74, 6) is 0. The van der Waals surface area contributed by atoms with Gasteiger partial charge < -0.3 is 10.1 Å². The molecule has 2 nitrogen and oxygen atoms in total. The average molecular weight is 274 g/mol. The van der Waals surface area contributed by atoms with Gasteiger partial charge in [0.15, 0.2) is 0 Å². The highest BCUT2D eigenvalue weighted by molar-refractivity contribution is 7.16. The van der Waals surface area contributed by atoms with Crippen LogP contribution in [0, 0.1) is 5.41 Å². The largest absolute Gasteiger partial charge is 0.381 e. The minimum Gasteiger partial charge on any atom is -0.381 e. The molecule has 0 unspecified atom stereocenters. The fourth-order valence-electron chi connectivity index (χ4n) is 2.43. The summed E-state index contributed by atoms with van der Waals surface area (Å²) in [5.41, 5.74) is 0.364. The lowest BCUT2D eigenvalue weighted by atomic mass is 9.77. The van der Waals surface area contributed by atoms with Crippen molar-refractivity contribution in [3.05, 3.63) is 21.3 Å². The highest BCUT2D eigenvalue weighted by atomic mass is 35.5. The molecule has 0 saturated carbocycles. The number of halogens is 1. The highest BCUT2D eigenvalue weighted by Crippen LogP contribution is 2.36. The van der Waals surface area contributed by atoms with E-state index in [4.69, 9.17) is 16.3 Å². The molecule has 0 atom stereocenters. The summed E-state index contributed by atoms with van der Waals surface area (Å²) in [6.07, 6.45) is 3.42. The molecule has 0 aliphatic carbocycles. The van der Waals surface area contributed by atoms with Crippen LogP contribution in [0.25, 0.3) is 0 Å². The second kappa shape index (κ2) is 6.19. The summed E-state index contributed by atoms with van der Waals surface area (Å²) in [4.78, 5) is 1.40. The molecule has 2 heterocycles. The van der Waals surface area contributed by atoms with E-state index in [1.165, 1.54) is 4.88 Å². The van der Waals surface area contributed by atoms with Crippen LogP contribution in [0.15, 0.2) is 12.1 Å². The molecule has 0 amide bonds. The third kappa shape index (κ3) is 3.68. The Balaban J connectivity index is 2.03. The van der Waals surface area contributed by atoms with Crippen molar-refractivity contribution in [2.75, 3.05) is 26.3 Å². The van der Waals surface area contributed by atoms with E-state index in [0.29, 0.717) is 5.41 Å². The van der Waals surface area contributed by atoms with Gasteiger partial charge in [0, 0.05) is 24.6 Å². The third-order valence-corrected chi connectivity index (χ3v) is 4.71. The minimum atomic E-state index is 0.364. The Bertz CT molecular complexity index is 347. The number of rotatable bonds is 5. The molecule has 1 aliphatic rings. The summed E-state index contributed by atoms with van der Waals surface area (Å²) in [7, 11) is 0. The van der Waals surface area contributed by atoms with Gasteiger partial charge >= 0.3 is 0 Å². The van der Waals surface area contributed by atoms with Gasteiger partial charge in [0.1, 0.15) is 0 Å². The molecular formula is C13H20ClNOS. The fourth-order valence-corrected chi connectivity index (χ4v) is 3.69. The SMILES string of the molecule is CCNCC1(Cc2ccc(Cl)s2)CCOCC1. The van der Waals surface area contributed by atoms with Crippen LogP contribution in [0.5, 0.6) is 0 Å². The Morgan fingerprint density at radius 3 is 2.76 bits per heavy atom. The summed E-state index contributed by atoms with van der Waals surface area (Å²) >= 11 is 7.72. The van der Waals surface area contributed by atoms with Gasteiger partial charge in [0.2, 0.25) is 0 Å². The van der Waals surface area contributed by atoms with E-state index in [1.54, 1.807) is 11.3 Å². The Hall–Kier alpha value is -0.0900. The molecule has 1 saturated heterocycles. The zero-order chi connectivity index (χ0) is 12.1. The van der Waals surface area contributed by atoms with Gasteiger partial charge in [-0.1, -0.05) is 18.5 Å². The maximum absolute atomic E-state index is 6.01. The maximum atomic E-state index is 6.01. The first-order valence-corrected chi connectivity index (χ1v) is 7.46. The smallest absolute Gasteiger partial charge is 0.0931 e. The molecular weight excluding hydrogens is 254 g/mol. The van der Waals surface area contributed by atoms with Gasteiger partial charge in [-0.25, -0.2) is 0 Å². The van der Waals surface area contributed by atoms with Crippen molar-refractivity contribution in [2.45, 2.75) is 26.2 Å². The zero-order valence-corrected chi connectivity index (χ0v) is 11.9. The predicted octanol–water partition coefficient (Wildman–Crippen LogP) is 3.35.